The maximum Gasteiger partial charge on any atom is 0.417 e. The molecular weight excluding hydrogens is 322 g/mol. The second kappa shape index (κ2) is 6.64. The first-order valence-corrected chi connectivity index (χ1v) is 7.74. The number of aromatic amines is 1. The summed E-state index contributed by atoms with van der Waals surface area (Å²) in [7, 11) is 0. The number of carbonyl (C=O) groups excluding carboxylic acids is 2. The molecule has 0 saturated heterocycles. The van der Waals surface area contributed by atoms with E-state index in [0.717, 1.165) is 5.56 Å². The van der Waals surface area contributed by atoms with Gasteiger partial charge in [0.2, 0.25) is 5.91 Å². The van der Waals surface area contributed by atoms with Crippen molar-refractivity contribution in [1.29, 1.82) is 0 Å². The average molecular weight is 339 g/mol. The molecule has 0 aliphatic heterocycles. The fraction of sp³-hybridized carbons (Fsp3) is 0.167. The SMILES string of the molecule is Cc1cccc(N(CCC(N)=O)C(=O)c2ccc3[nH]c(=O)oc3c2)c1. The maximum absolute atomic E-state index is 13.0. The molecular formula is C18H17N3O4. The third-order valence-electron chi connectivity index (χ3n) is 3.81. The van der Waals surface area contributed by atoms with E-state index in [1.54, 1.807) is 18.2 Å². The van der Waals surface area contributed by atoms with Crippen LogP contribution in [0.25, 0.3) is 11.1 Å². The Labute approximate surface area is 143 Å². The van der Waals surface area contributed by atoms with Crippen molar-refractivity contribution in [2.75, 3.05) is 11.4 Å². The summed E-state index contributed by atoms with van der Waals surface area (Å²) >= 11 is 0. The van der Waals surface area contributed by atoms with Gasteiger partial charge in [-0.2, -0.15) is 0 Å². The third-order valence-corrected chi connectivity index (χ3v) is 3.81. The Hall–Kier alpha value is -3.35. The van der Waals surface area contributed by atoms with Gasteiger partial charge in [-0.05, 0) is 42.8 Å². The number of hydrogen-bond acceptors (Lipinski definition) is 4. The lowest BCUT2D eigenvalue weighted by Crippen LogP contribution is -2.34. The van der Waals surface area contributed by atoms with Gasteiger partial charge in [-0.15, -0.1) is 0 Å². The van der Waals surface area contributed by atoms with Gasteiger partial charge < -0.3 is 15.1 Å². The number of fused-ring (bicyclic) bond motifs is 1. The smallest absolute Gasteiger partial charge is 0.408 e. The molecule has 3 aromatic rings. The number of anilines is 1. The summed E-state index contributed by atoms with van der Waals surface area (Å²) in [6.45, 7) is 2.08. The van der Waals surface area contributed by atoms with Crippen LogP contribution in [0.1, 0.15) is 22.3 Å². The van der Waals surface area contributed by atoms with Crippen molar-refractivity contribution in [1.82, 2.24) is 4.98 Å². The van der Waals surface area contributed by atoms with Gasteiger partial charge >= 0.3 is 5.76 Å². The van der Waals surface area contributed by atoms with Gasteiger partial charge in [0.15, 0.2) is 5.58 Å². The van der Waals surface area contributed by atoms with E-state index < -0.39 is 11.7 Å². The quantitative estimate of drug-likeness (QED) is 0.740. The van der Waals surface area contributed by atoms with E-state index in [1.807, 2.05) is 25.1 Å². The van der Waals surface area contributed by atoms with Crippen molar-refractivity contribution >= 4 is 28.6 Å². The predicted molar refractivity (Wildman–Crippen MR) is 93.5 cm³/mol. The van der Waals surface area contributed by atoms with Crippen LogP contribution in [0.3, 0.4) is 0 Å². The summed E-state index contributed by atoms with van der Waals surface area (Å²) in [5, 5.41) is 0. The highest BCUT2D eigenvalue weighted by atomic mass is 16.4. The standard InChI is InChI=1S/C18H17N3O4/c1-11-3-2-4-13(9-11)21(8-7-16(19)22)17(23)12-5-6-14-15(10-12)25-18(24)20-14/h2-6,9-10H,7-8H2,1H3,(H2,19,22)(H,20,24). The Bertz CT molecular complexity index is 1000. The molecule has 1 aromatic heterocycles. The van der Waals surface area contributed by atoms with Gasteiger partial charge in [0, 0.05) is 24.2 Å². The van der Waals surface area contributed by atoms with Gasteiger partial charge in [-0.25, -0.2) is 4.79 Å². The number of nitrogens with one attached hydrogen (secondary N) is 1. The van der Waals surface area contributed by atoms with Gasteiger partial charge in [-0.3, -0.25) is 14.6 Å². The summed E-state index contributed by atoms with van der Waals surface area (Å²) in [5.41, 5.74) is 8.05. The molecule has 3 N–H and O–H groups in total. The first kappa shape index (κ1) is 16.5. The number of nitrogens with two attached hydrogens (primary N) is 1. The number of benzene rings is 2. The molecule has 0 atom stereocenters. The van der Waals surface area contributed by atoms with Gasteiger partial charge in [-0.1, -0.05) is 12.1 Å². The Balaban J connectivity index is 1.99. The summed E-state index contributed by atoms with van der Waals surface area (Å²) in [4.78, 5) is 39.4. The van der Waals surface area contributed by atoms with Crippen LogP contribution in [-0.4, -0.2) is 23.3 Å². The molecule has 0 aliphatic rings. The Morgan fingerprint density at radius 3 is 2.72 bits per heavy atom. The number of H-pyrrole nitrogens is 1. The summed E-state index contributed by atoms with van der Waals surface area (Å²) in [6.07, 6.45) is 0.0428. The highest BCUT2D eigenvalue weighted by Gasteiger charge is 2.19. The Morgan fingerprint density at radius 1 is 1.20 bits per heavy atom. The number of hydrogen-bond donors (Lipinski definition) is 2. The zero-order chi connectivity index (χ0) is 18.0. The molecule has 0 aliphatic carbocycles. The topological polar surface area (TPSA) is 109 Å². The molecule has 2 aromatic carbocycles. The van der Waals surface area contributed by atoms with Crippen LogP contribution < -0.4 is 16.4 Å². The normalized spacial score (nSPS) is 10.8. The Morgan fingerprint density at radius 2 is 2.00 bits per heavy atom. The molecule has 0 bridgehead atoms. The monoisotopic (exact) mass is 339 g/mol. The van der Waals surface area contributed by atoms with Gasteiger partial charge in [0.25, 0.3) is 5.91 Å². The largest absolute Gasteiger partial charge is 0.417 e. The van der Waals surface area contributed by atoms with Crippen molar-refractivity contribution in [2.24, 2.45) is 5.73 Å². The second-order valence-corrected chi connectivity index (χ2v) is 5.74. The predicted octanol–water partition coefficient (Wildman–Crippen LogP) is 1.95. The molecule has 0 unspecified atom stereocenters. The van der Waals surface area contributed by atoms with E-state index in [1.165, 1.54) is 11.0 Å². The zero-order valence-corrected chi connectivity index (χ0v) is 13.6. The first-order chi connectivity index (χ1) is 11.9. The molecule has 0 spiro atoms. The molecule has 0 saturated carbocycles. The number of aromatic nitrogens is 1. The third kappa shape index (κ3) is 3.60. The van der Waals surface area contributed by atoms with Crippen LogP contribution >= 0.6 is 0 Å². The molecule has 128 valence electrons. The molecule has 7 heteroatoms. The minimum Gasteiger partial charge on any atom is -0.408 e. The molecule has 25 heavy (non-hydrogen) atoms. The van der Waals surface area contributed by atoms with Crippen molar-refractivity contribution in [3.8, 4) is 0 Å². The number of nitrogens with zero attached hydrogens (tertiary/aromatic N) is 1. The lowest BCUT2D eigenvalue weighted by atomic mass is 10.1. The van der Waals surface area contributed by atoms with Crippen LogP contribution in [0.15, 0.2) is 51.7 Å². The minimum atomic E-state index is -0.580. The number of carbonyl (C=O) groups is 2. The van der Waals surface area contributed by atoms with Crippen LogP contribution in [0, 0.1) is 6.92 Å². The van der Waals surface area contributed by atoms with Crippen molar-refractivity contribution < 1.29 is 14.0 Å². The number of rotatable bonds is 5. The lowest BCUT2D eigenvalue weighted by Gasteiger charge is -2.23. The van der Waals surface area contributed by atoms with E-state index in [-0.39, 0.29) is 18.9 Å². The van der Waals surface area contributed by atoms with Crippen molar-refractivity contribution in [2.45, 2.75) is 13.3 Å². The van der Waals surface area contributed by atoms with Crippen molar-refractivity contribution in [3.63, 3.8) is 0 Å². The number of amides is 2. The molecule has 1 heterocycles. The molecule has 0 fully saturated rings. The molecule has 3 rings (SSSR count). The van der Waals surface area contributed by atoms with E-state index in [9.17, 15) is 14.4 Å². The van der Waals surface area contributed by atoms with E-state index in [0.29, 0.717) is 22.4 Å². The maximum atomic E-state index is 13.0. The summed E-state index contributed by atoms with van der Waals surface area (Å²) in [6, 6.07) is 12.1. The summed E-state index contributed by atoms with van der Waals surface area (Å²) in [5.74, 6) is -1.38. The molecule has 2 amide bonds. The fourth-order valence-electron chi connectivity index (χ4n) is 2.60. The fourth-order valence-corrected chi connectivity index (χ4v) is 2.60. The van der Waals surface area contributed by atoms with E-state index >= 15 is 0 Å². The number of aryl methyl sites for hydroxylation is 1. The Kier molecular flexibility index (Phi) is 4.38. The highest BCUT2D eigenvalue weighted by molar-refractivity contribution is 6.07. The van der Waals surface area contributed by atoms with E-state index in [2.05, 4.69) is 4.98 Å². The van der Waals surface area contributed by atoms with Crippen LogP contribution in [0.5, 0.6) is 0 Å². The molecule has 7 nitrogen and oxygen atoms in total. The van der Waals surface area contributed by atoms with Crippen molar-refractivity contribution in [3.05, 3.63) is 64.1 Å². The minimum absolute atomic E-state index is 0.0428. The van der Waals surface area contributed by atoms with Crippen LogP contribution in [0.2, 0.25) is 0 Å². The second-order valence-electron chi connectivity index (χ2n) is 5.74. The molecule has 0 radical (unpaired) electrons. The first-order valence-electron chi connectivity index (χ1n) is 7.74. The highest BCUT2D eigenvalue weighted by Crippen LogP contribution is 2.21. The lowest BCUT2D eigenvalue weighted by molar-refractivity contribution is -0.117. The summed E-state index contributed by atoms with van der Waals surface area (Å²) < 4.78 is 5.01. The number of primary amides is 1. The van der Waals surface area contributed by atoms with Gasteiger partial charge in [0.05, 0.1) is 5.52 Å². The van der Waals surface area contributed by atoms with E-state index in [4.69, 9.17) is 10.2 Å². The average Bonchev–Trinajstić information content (AvgIpc) is 2.93. The number of oxazole rings is 1. The zero-order valence-electron chi connectivity index (χ0n) is 13.6. The van der Waals surface area contributed by atoms with Crippen LogP contribution in [0.4, 0.5) is 5.69 Å². The van der Waals surface area contributed by atoms with Gasteiger partial charge in [0.1, 0.15) is 0 Å². The van der Waals surface area contributed by atoms with Crippen LogP contribution in [-0.2, 0) is 4.79 Å².